The number of benzene rings is 2. The van der Waals surface area contributed by atoms with Gasteiger partial charge in [0.25, 0.3) is 0 Å². The quantitative estimate of drug-likeness (QED) is 0.535. The fourth-order valence-corrected chi connectivity index (χ4v) is 3.60. The third-order valence-corrected chi connectivity index (χ3v) is 5.03. The smallest absolute Gasteiger partial charge is 0.232 e. The van der Waals surface area contributed by atoms with E-state index in [0.717, 1.165) is 32.8 Å². The first-order chi connectivity index (χ1) is 14.5. The molecule has 3 N–H and O–H groups in total. The Hall–Kier alpha value is -3.93. The van der Waals surface area contributed by atoms with Crippen LogP contribution in [-0.2, 0) is 4.79 Å². The average Bonchev–Trinajstić information content (AvgIpc) is 3.14. The summed E-state index contributed by atoms with van der Waals surface area (Å²) in [4.78, 5) is 28.0. The van der Waals surface area contributed by atoms with Crippen molar-refractivity contribution in [3.05, 3.63) is 78.2 Å². The van der Waals surface area contributed by atoms with E-state index in [1.54, 1.807) is 17.0 Å². The highest BCUT2D eigenvalue weighted by Gasteiger charge is 2.15. The second-order valence-electron chi connectivity index (χ2n) is 7.10. The Morgan fingerprint density at radius 2 is 1.93 bits per heavy atom. The number of amides is 1. The third-order valence-electron chi connectivity index (χ3n) is 5.03. The molecule has 0 spiro atoms. The molecule has 30 heavy (non-hydrogen) atoms. The lowest BCUT2D eigenvalue weighted by atomic mass is 10.0. The highest BCUT2D eigenvalue weighted by molar-refractivity contribution is 6.03. The molecule has 0 aliphatic carbocycles. The van der Waals surface area contributed by atoms with Gasteiger partial charge in [-0.3, -0.25) is 19.1 Å². The predicted octanol–water partition coefficient (Wildman–Crippen LogP) is 3.81. The van der Waals surface area contributed by atoms with Crippen LogP contribution in [0.25, 0.3) is 33.4 Å². The normalized spacial score (nSPS) is 11.7. The third kappa shape index (κ3) is 3.80. The molecule has 0 aliphatic rings. The van der Waals surface area contributed by atoms with Gasteiger partial charge in [0.1, 0.15) is 0 Å². The summed E-state index contributed by atoms with van der Waals surface area (Å²) in [6.45, 7) is 1.73. The molecule has 0 atom stereocenters. The number of carbonyl (C=O) groups is 2. The van der Waals surface area contributed by atoms with E-state index in [1.165, 1.54) is 6.92 Å². The van der Waals surface area contributed by atoms with E-state index in [2.05, 4.69) is 10.3 Å². The zero-order valence-corrected chi connectivity index (χ0v) is 16.6. The van der Waals surface area contributed by atoms with Gasteiger partial charge in [0.15, 0.2) is 0 Å². The number of rotatable bonds is 5. The van der Waals surface area contributed by atoms with Crippen molar-refractivity contribution < 1.29 is 9.59 Å². The first-order valence-electron chi connectivity index (χ1n) is 9.72. The van der Waals surface area contributed by atoms with E-state index in [-0.39, 0.29) is 18.2 Å². The van der Waals surface area contributed by atoms with Crippen LogP contribution >= 0.6 is 0 Å². The summed E-state index contributed by atoms with van der Waals surface area (Å²) in [5, 5.41) is 5.66. The number of pyridine rings is 1. The van der Waals surface area contributed by atoms with E-state index in [9.17, 15) is 9.59 Å². The van der Waals surface area contributed by atoms with E-state index in [1.807, 2.05) is 60.8 Å². The summed E-state index contributed by atoms with van der Waals surface area (Å²) < 4.78 is 1.61. The van der Waals surface area contributed by atoms with Crippen LogP contribution in [0.1, 0.15) is 29.3 Å². The molecule has 2 heterocycles. The van der Waals surface area contributed by atoms with Gasteiger partial charge in [0.2, 0.25) is 11.8 Å². The first kappa shape index (κ1) is 19.4. The van der Waals surface area contributed by atoms with Crippen molar-refractivity contribution in [1.29, 1.82) is 0 Å². The zero-order valence-electron chi connectivity index (χ0n) is 16.6. The summed E-state index contributed by atoms with van der Waals surface area (Å²) in [5.74, 6) is -0.256. The second-order valence-corrected chi connectivity index (χ2v) is 7.10. The molecule has 6 heteroatoms. The van der Waals surface area contributed by atoms with E-state index < -0.39 is 0 Å². The maximum atomic E-state index is 12.8. The van der Waals surface area contributed by atoms with Crippen LogP contribution in [0.15, 0.2) is 67.1 Å². The molecule has 0 aliphatic heterocycles. The highest BCUT2D eigenvalue weighted by atomic mass is 16.2. The number of nitrogens with one attached hydrogen (secondary N) is 1. The van der Waals surface area contributed by atoms with Crippen LogP contribution < -0.4 is 11.1 Å². The summed E-state index contributed by atoms with van der Waals surface area (Å²) >= 11 is 0. The predicted molar refractivity (Wildman–Crippen MR) is 120 cm³/mol. The molecular weight excluding hydrogens is 376 g/mol. The molecule has 1 amide bonds. The lowest BCUT2D eigenvalue weighted by Gasteiger charge is -2.05. The van der Waals surface area contributed by atoms with Crippen LogP contribution in [0.4, 0.5) is 0 Å². The maximum absolute atomic E-state index is 12.8. The summed E-state index contributed by atoms with van der Waals surface area (Å²) in [6.07, 6.45) is 7.49. The highest BCUT2D eigenvalue weighted by Crippen LogP contribution is 2.28. The molecule has 0 radical (unpaired) electrons. The molecule has 2 aromatic carbocycles. The van der Waals surface area contributed by atoms with Gasteiger partial charge in [-0.1, -0.05) is 36.4 Å². The van der Waals surface area contributed by atoms with E-state index in [4.69, 9.17) is 5.73 Å². The fourth-order valence-electron chi connectivity index (χ4n) is 3.60. The number of aromatic nitrogens is 2. The molecule has 0 saturated heterocycles. The van der Waals surface area contributed by atoms with Gasteiger partial charge in [-0.15, -0.1) is 0 Å². The van der Waals surface area contributed by atoms with E-state index >= 15 is 0 Å². The van der Waals surface area contributed by atoms with Gasteiger partial charge in [0, 0.05) is 60.5 Å². The number of nitrogens with zero attached hydrogens (tertiary/aromatic N) is 2. The van der Waals surface area contributed by atoms with Crippen molar-refractivity contribution in [3.8, 4) is 0 Å². The molecule has 150 valence electrons. The Bertz CT molecular complexity index is 1280. The Labute approximate surface area is 174 Å². The van der Waals surface area contributed by atoms with Crippen molar-refractivity contribution in [2.24, 2.45) is 5.73 Å². The number of hydrogen-bond donors (Lipinski definition) is 2. The number of hydrogen-bond acceptors (Lipinski definition) is 4. The molecule has 0 fully saturated rings. The number of nitrogens with two attached hydrogens (primary N) is 1. The SMILES string of the molecule is CC(=O)NCCC(=O)n1cc(/C(N)=C/c2cccc3cnccc23)c2ccccc21. The molecule has 4 rings (SSSR count). The zero-order chi connectivity index (χ0) is 21.1. The number of para-hydroxylation sites is 1. The molecule has 0 bridgehead atoms. The van der Waals surface area contributed by atoms with Crippen LogP contribution in [0.5, 0.6) is 0 Å². The molecule has 4 aromatic rings. The largest absolute Gasteiger partial charge is 0.398 e. The minimum atomic E-state index is -0.154. The van der Waals surface area contributed by atoms with E-state index in [0.29, 0.717) is 12.2 Å². The van der Waals surface area contributed by atoms with Gasteiger partial charge in [-0.2, -0.15) is 0 Å². The van der Waals surface area contributed by atoms with Gasteiger partial charge >= 0.3 is 0 Å². The van der Waals surface area contributed by atoms with Crippen molar-refractivity contribution in [2.75, 3.05) is 6.54 Å². The summed E-state index contributed by atoms with van der Waals surface area (Å²) in [6, 6.07) is 15.6. The van der Waals surface area contributed by atoms with Crippen molar-refractivity contribution >= 4 is 45.3 Å². The van der Waals surface area contributed by atoms with Gasteiger partial charge in [-0.25, -0.2) is 0 Å². The number of carbonyl (C=O) groups excluding carboxylic acids is 2. The summed E-state index contributed by atoms with van der Waals surface area (Å²) in [7, 11) is 0. The minimum Gasteiger partial charge on any atom is -0.398 e. The van der Waals surface area contributed by atoms with Gasteiger partial charge in [0.05, 0.1) is 5.52 Å². The topological polar surface area (TPSA) is 90.0 Å². The molecule has 6 nitrogen and oxygen atoms in total. The lowest BCUT2D eigenvalue weighted by Crippen LogP contribution is -2.24. The fraction of sp³-hybridized carbons (Fsp3) is 0.125. The molecular formula is C24H22N4O2. The Balaban J connectivity index is 1.74. The summed E-state index contributed by atoms with van der Waals surface area (Å²) in [5.41, 5.74) is 9.65. The lowest BCUT2D eigenvalue weighted by molar-refractivity contribution is -0.118. The average molecular weight is 398 g/mol. The Morgan fingerprint density at radius 1 is 1.10 bits per heavy atom. The van der Waals surface area contributed by atoms with Gasteiger partial charge in [-0.05, 0) is 29.2 Å². The van der Waals surface area contributed by atoms with Crippen LogP contribution in [-0.4, -0.2) is 27.9 Å². The van der Waals surface area contributed by atoms with Crippen LogP contribution in [0.2, 0.25) is 0 Å². The molecule has 0 saturated carbocycles. The van der Waals surface area contributed by atoms with Crippen LogP contribution in [0.3, 0.4) is 0 Å². The Kier molecular flexibility index (Phi) is 5.30. The second kappa shape index (κ2) is 8.21. The maximum Gasteiger partial charge on any atom is 0.232 e. The van der Waals surface area contributed by atoms with Crippen LogP contribution in [0, 0.1) is 0 Å². The number of fused-ring (bicyclic) bond motifs is 2. The Morgan fingerprint density at radius 3 is 2.77 bits per heavy atom. The van der Waals surface area contributed by atoms with Crippen molar-refractivity contribution in [1.82, 2.24) is 14.9 Å². The standard InChI is InChI=1S/C24H22N4O2/c1-16(29)27-12-10-24(30)28-15-21(20-7-2-3-8-23(20)28)22(25)13-17-5-4-6-18-14-26-11-9-19(17)18/h2-9,11,13-15H,10,12,25H2,1H3,(H,27,29)/b22-13-. The monoisotopic (exact) mass is 398 g/mol. The van der Waals surface area contributed by atoms with Gasteiger partial charge < -0.3 is 11.1 Å². The first-order valence-corrected chi connectivity index (χ1v) is 9.72. The van der Waals surface area contributed by atoms with Crippen molar-refractivity contribution in [2.45, 2.75) is 13.3 Å². The minimum absolute atomic E-state index is 0.102. The molecule has 2 aromatic heterocycles. The van der Waals surface area contributed by atoms with Crippen molar-refractivity contribution in [3.63, 3.8) is 0 Å². The molecule has 0 unspecified atom stereocenters.